The molecule has 0 aliphatic heterocycles. The number of hydrogen-bond donors (Lipinski definition) is 6. The smallest absolute Gasteiger partial charge is 0.407 e. The molecule has 0 aliphatic rings. The predicted octanol–water partition coefficient (Wildman–Crippen LogP) is 6.02. The largest absolute Gasteiger partial charge is 0.481 e. The van der Waals surface area contributed by atoms with Crippen LogP contribution in [0.3, 0.4) is 0 Å². The zero-order valence-corrected chi connectivity index (χ0v) is 36.9. The van der Waals surface area contributed by atoms with Gasteiger partial charge in [0.05, 0.1) is 39.1 Å². The summed E-state index contributed by atoms with van der Waals surface area (Å²) in [5, 5.41) is 29.2. The maximum atomic E-state index is 11.8. The fraction of sp³-hybridized carbons (Fsp3) is 0.645. The Hall–Kier alpha value is -2.59. The topological polar surface area (TPSA) is 284 Å². The van der Waals surface area contributed by atoms with Gasteiger partial charge in [0.15, 0.2) is 0 Å². The second-order valence-corrected chi connectivity index (χ2v) is 23.6. The molecule has 316 valence electrons. The van der Waals surface area contributed by atoms with Gasteiger partial charge in [-0.3, -0.25) is 32.9 Å². The Kier molecular flexibility index (Phi) is 37.2. The number of nitrogens with one attached hydrogen (secondary N) is 2. The van der Waals surface area contributed by atoms with Crippen LogP contribution in [-0.4, -0.2) is 108 Å². The van der Waals surface area contributed by atoms with E-state index in [1.165, 1.54) is 0 Å². The molecule has 2 amide bonds. The molecule has 55 heavy (non-hydrogen) atoms. The van der Waals surface area contributed by atoms with E-state index in [-0.39, 0.29) is 44.7 Å². The summed E-state index contributed by atoms with van der Waals surface area (Å²) < 4.78 is 54.9. The summed E-state index contributed by atoms with van der Waals surface area (Å²) in [5.74, 6) is -2.21. The molecule has 3 unspecified atom stereocenters. The summed E-state index contributed by atoms with van der Waals surface area (Å²) in [6.07, 6.45) is 13.9. The maximum absolute atomic E-state index is 11.8. The SMILES string of the molecule is C#CP(=O)(OCC)SCCN.C#CP(=O)(OCC)SCCNC(=O)CCC(=O)O.C#CP(=O)(OCC)SCCNC(=O)OC(C)(C)C.O=C(O)CCC(=O)O. The van der Waals surface area contributed by atoms with Crippen molar-refractivity contribution in [3.63, 3.8) is 0 Å². The highest BCUT2D eigenvalue weighted by Crippen LogP contribution is 2.59. The van der Waals surface area contributed by atoms with Crippen molar-refractivity contribution in [2.75, 3.05) is 56.7 Å². The molecule has 18 nitrogen and oxygen atoms in total. The highest BCUT2D eigenvalue weighted by Gasteiger charge is 2.22. The van der Waals surface area contributed by atoms with Crippen molar-refractivity contribution in [1.82, 2.24) is 10.6 Å². The van der Waals surface area contributed by atoms with Crippen molar-refractivity contribution in [2.24, 2.45) is 5.73 Å². The van der Waals surface area contributed by atoms with E-state index in [2.05, 4.69) is 27.6 Å². The molecule has 24 heteroatoms. The molecule has 0 bridgehead atoms. The van der Waals surface area contributed by atoms with Gasteiger partial charge in [-0.05, 0) is 58.5 Å². The van der Waals surface area contributed by atoms with Crippen LogP contribution in [0.15, 0.2) is 0 Å². The van der Waals surface area contributed by atoms with E-state index in [1.807, 2.05) is 0 Å². The number of hydrogen-bond acceptors (Lipinski definition) is 16. The molecule has 0 aromatic heterocycles. The second kappa shape index (κ2) is 34.6. The van der Waals surface area contributed by atoms with Crippen LogP contribution >= 0.6 is 53.9 Å². The fourth-order valence-electron chi connectivity index (χ4n) is 2.53. The van der Waals surface area contributed by atoms with E-state index in [0.29, 0.717) is 43.6 Å². The zero-order valence-electron chi connectivity index (χ0n) is 31.8. The fourth-order valence-corrected chi connectivity index (χ4v) is 10.8. The quantitative estimate of drug-likeness (QED) is 0.0388. The number of carbonyl (C=O) groups excluding carboxylic acids is 2. The average molecular weight is 898 g/mol. The molecule has 0 radical (unpaired) electrons. The number of carbonyl (C=O) groups is 5. The molecule has 0 spiro atoms. The summed E-state index contributed by atoms with van der Waals surface area (Å²) >= 11 is 3.14. The summed E-state index contributed by atoms with van der Waals surface area (Å²) in [7, 11) is 0. The van der Waals surface area contributed by atoms with Crippen molar-refractivity contribution < 1.29 is 71.3 Å². The van der Waals surface area contributed by atoms with Crippen LogP contribution in [0, 0.1) is 36.3 Å². The van der Waals surface area contributed by atoms with Gasteiger partial charge in [0.1, 0.15) is 5.60 Å². The van der Waals surface area contributed by atoms with E-state index in [4.69, 9.17) is 58.6 Å². The van der Waals surface area contributed by atoms with Crippen LogP contribution in [0.4, 0.5) is 4.79 Å². The minimum absolute atomic E-state index is 0.0712. The number of rotatable bonds is 23. The van der Waals surface area contributed by atoms with Crippen LogP contribution in [-0.2, 0) is 51.2 Å². The summed E-state index contributed by atoms with van der Waals surface area (Å²) in [6, 6.07) is 0. The first-order valence-electron chi connectivity index (χ1n) is 16.2. The second-order valence-electron chi connectivity index (χ2n) is 10.4. The van der Waals surface area contributed by atoms with Gasteiger partial charge in [-0.1, -0.05) is 34.1 Å². The molecule has 0 saturated carbocycles. The monoisotopic (exact) mass is 897 g/mol. The van der Waals surface area contributed by atoms with Gasteiger partial charge in [0, 0.05) is 43.3 Å². The van der Waals surface area contributed by atoms with E-state index < -0.39 is 49.3 Å². The number of carboxylic acid groups (broad SMARTS) is 3. The molecule has 0 aliphatic carbocycles. The Bertz CT molecular complexity index is 1430. The number of alkyl carbamates (subject to hydrolysis) is 1. The maximum Gasteiger partial charge on any atom is 0.407 e. The van der Waals surface area contributed by atoms with Crippen LogP contribution in [0.1, 0.15) is 67.2 Å². The van der Waals surface area contributed by atoms with Crippen LogP contribution in [0.2, 0.25) is 0 Å². The molecule has 0 fully saturated rings. The molecule has 0 saturated heterocycles. The molecule has 0 aromatic carbocycles. The standard InChI is InChI=1S/C11H20NO4PS.C10H16NO5PS.C6H12NO2PS.C4H6O4/c1-6-15-17(14,7-2)18-9-8-12-10(13)16-11(3,4)5;1-3-16-17(15,4-2)18-8-7-11-9(12)5-6-10(13)14;1-3-9-10(8,4-2)11-6-5-7;5-3(6)1-2-4(7)8/h2H,6,8-9H2,1,3-5H3,(H,12,13);2H,3,5-8H2,1H3,(H,11,12)(H,13,14);2H,3,5-7H2,1H3;1-2H2,(H,5,6)(H,7,8). The van der Waals surface area contributed by atoms with Crippen molar-refractivity contribution in [3.05, 3.63) is 0 Å². The molecular formula is C31H54N3O15P3S3. The molecule has 0 rings (SSSR count). The van der Waals surface area contributed by atoms with E-state index in [1.54, 1.807) is 41.5 Å². The molecule has 7 N–H and O–H groups in total. The predicted molar refractivity (Wildman–Crippen MR) is 219 cm³/mol. The zero-order chi connectivity index (χ0) is 43.6. The number of amides is 2. The van der Waals surface area contributed by atoms with Gasteiger partial charge in [0.25, 0.3) is 0 Å². The first kappa shape index (κ1) is 59.1. The number of aliphatic carboxylic acids is 3. The normalized spacial score (nSPS) is 13.4. The van der Waals surface area contributed by atoms with Crippen molar-refractivity contribution in [2.45, 2.75) is 72.8 Å². The van der Waals surface area contributed by atoms with E-state index in [9.17, 15) is 37.7 Å². The van der Waals surface area contributed by atoms with Crippen molar-refractivity contribution >= 4 is 83.8 Å². The van der Waals surface area contributed by atoms with Gasteiger partial charge < -0.3 is 50.0 Å². The van der Waals surface area contributed by atoms with Gasteiger partial charge >= 0.3 is 43.7 Å². The first-order chi connectivity index (χ1) is 25.5. The van der Waals surface area contributed by atoms with Crippen LogP contribution in [0.25, 0.3) is 0 Å². The number of terminal acetylenes is 3. The van der Waals surface area contributed by atoms with Gasteiger partial charge in [-0.15, -0.1) is 19.3 Å². The minimum Gasteiger partial charge on any atom is -0.481 e. The van der Waals surface area contributed by atoms with Gasteiger partial charge in [0.2, 0.25) is 5.91 Å². The number of carboxylic acids is 3. The summed E-state index contributed by atoms with van der Waals surface area (Å²) in [5.41, 5.74) is 11.1. The Morgan fingerprint density at radius 1 is 0.636 bits per heavy atom. The Balaban J connectivity index is -0.000000330. The third-order valence-electron chi connectivity index (χ3n) is 4.59. The van der Waals surface area contributed by atoms with Gasteiger partial charge in [-0.2, -0.15) is 0 Å². The third kappa shape index (κ3) is 42.4. The van der Waals surface area contributed by atoms with Crippen molar-refractivity contribution in [1.29, 1.82) is 0 Å². The van der Waals surface area contributed by atoms with Crippen LogP contribution in [0.5, 0.6) is 0 Å². The van der Waals surface area contributed by atoms with E-state index in [0.717, 1.165) is 34.1 Å². The summed E-state index contributed by atoms with van der Waals surface area (Å²) in [6.45, 7) is 3.51. The molecular weight excluding hydrogens is 843 g/mol. The number of ether oxygens (including phenoxy) is 1. The average Bonchev–Trinajstić information content (AvgIpc) is 3.10. The molecule has 3 atom stereocenters. The lowest BCUT2D eigenvalue weighted by Gasteiger charge is -2.19. The highest BCUT2D eigenvalue weighted by atomic mass is 32.7. The lowest BCUT2D eigenvalue weighted by Crippen LogP contribution is -2.33. The Labute approximate surface area is 336 Å². The Morgan fingerprint density at radius 2 is 0.964 bits per heavy atom. The van der Waals surface area contributed by atoms with E-state index >= 15 is 0 Å². The Morgan fingerprint density at radius 3 is 1.25 bits per heavy atom. The number of nitrogens with two attached hydrogens (primary N) is 1. The summed E-state index contributed by atoms with van der Waals surface area (Å²) in [4.78, 5) is 51.9. The van der Waals surface area contributed by atoms with Crippen LogP contribution < -0.4 is 16.4 Å². The first-order valence-corrected chi connectivity index (χ1v) is 25.8. The minimum atomic E-state index is -3.09. The lowest BCUT2D eigenvalue weighted by atomic mass is 10.2. The molecule has 0 heterocycles. The third-order valence-corrected chi connectivity index (χ3v) is 16.1. The highest BCUT2D eigenvalue weighted by molar-refractivity contribution is 8.58. The molecule has 0 aromatic rings. The van der Waals surface area contributed by atoms with Gasteiger partial charge in [-0.25, -0.2) is 4.79 Å². The van der Waals surface area contributed by atoms with Crippen molar-refractivity contribution in [3.8, 4) is 36.3 Å². The lowest BCUT2D eigenvalue weighted by molar-refractivity contribution is -0.143.